The van der Waals surface area contributed by atoms with Gasteiger partial charge in [0, 0.05) is 11.1 Å². The van der Waals surface area contributed by atoms with Gasteiger partial charge in [0.25, 0.3) is 0 Å². The molecule has 4 aromatic heterocycles. The van der Waals surface area contributed by atoms with Crippen molar-refractivity contribution in [3.63, 3.8) is 0 Å². The monoisotopic (exact) mass is 1180 g/mol. The van der Waals surface area contributed by atoms with Crippen molar-refractivity contribution < 1.29 is 18.7 Å². The molecule has 0 saturated heterocycles. The van der Waals surface area contributed by atoms with Gasteiger partial charge in [0.1, 0.15) is 44.8 Å². The molecular formula is C75H58N16+4. The number of fused-ring (bicyclic) bond motifs is 20. The first-order chi connectivity index (χ1) is 43.8. The van der Waals surface area contributed by atoms with Crippen LogP contribution in [0, 0.1) is 148 Å². The number of hydrogen-bond donors (Lipinski definition) is 0. The molecule has 0 N–H and O–H groups in total. The van der Waals surface area contributed by atoms with Crippen molar-refractivity contribution in [2.45, 2.75) is 102 Å². The van der Waals surface area contributed by atoms with Crippen LogP contribution < -0.4 is 18.7 Å². The van der Waals surface area contributed by atoms with Crippen LogP contribution in [0.4, 0.5) is 22.7 Å². The summed E-state index contributed by atoms with van der Waals surface area (Å²) in [7, 11) is 0. The van der Waals surface area contributed by atoms with Crippen molar-refractivity contribution in [1.82, 2.24) is 18.7 Å². The second-order valence-electron chi connectivity index (χ2n) is 24.1. The molecule has 0 aliphatic carbocycles. The van der Waals surface area contributed by atoms with Crippen molar-refractivity contribution >= 4 is 66.4 Å². The lowest BCUT2D eigenvalue weighted by atomic mass is 9.97. The number of benzene rings is 8. The van der Waals surface area contributed by atoms with Gasteiger partial charge < -0.3 is 0 Å². The molecule has 0 atom stereocenters. The Morgan fingerprint density at radius 3 is 1.16 bits per heavy atom. The summed E-state index contributed by atoms with van der Waals surface area (Å²) in [6.07, 6.45) is 8.07. The number of hydrogen-bond acceptors (Lipinski definition) is 4. The minimum Gasteiger partial charge on any atom is -0.238 e. The van der Waals surface area contributed by atoms with Gasteiger partial charge in [-0.25, -0.2) is 19.4 Å². The number of nitriles is 4. The fourth-order valence-electron chi connectivity index (χ4n) is 13.9. The van der Waals surface area contributed by atoms with E-state index in [1.54, 1.807) is 24.3 Å². The van der Waals surface area contributed by atoms with Gasteiger partial charge in [-0.2, -0.15) is 21.0 Å². The molecule has 4 aliphatic rings. The summed E-state index contributed by atoms with van der Waals surface area (Å²) < 4.78 is 17.1. The van der Waals surface area contributed by atoms with Crippen LogP contribution in [0.1, 0.15) is 106 Å². The van der Waals surface area contributed by atoms with Gasteiger partial charge in [-0.3, -0.25) is 0 Å². The maximum Gasteiger partial charge on any atom is 0.205 e. The van der Waals surface area contributed by atoms with Gasteiger partial charge in [-0.1, -0.05) is 12.1 Å². The average molecular weight is 1180 g/mol. The normalized spacial score (nSPS) is 11.9. The number of rotatable bonds is 0. The topological polar surface area (TPSA) is 148 Å². The maximum absolute atomic E-state index is 9.41. The van der Waals surface area contributed by atoms with Crippen molar-refractivity contribution in [2.24, 2.45) is 0 Å². The van der Waals surface area contributed by atoms with Crippen LogP contribution in [-0.2, 0) is 26.2 Å². The van der Waals surface area contributed by atoms with Crippen LogP contribution in [0.15, 0.2) is 104 Å². The van der Waals surface area contributed by atoms with Crippen molar-refractivity contribution in [3.05, 3.63) is 255 Å². The summed E-state index contributed by atoms with van der Waals surface area (Å²) in [4.78, 5) is 14.1. The highest BCUT2D eigenvalue weighted by molar-refractivity contribution is 5.92. The third-order valence-electron chi connectivity index (χ3n) is 19.2. The highest BCUT2D eigenvalue weighted by Gasteiger charge is 2.36. The van der Waals surface area contributed by atoms with E-state index in [0.29, 0.717) is 45.0 Å². The molecule has 8 heterocycles. The molecule has 16 nitrogen and oxygen atoms in total. The predicted molar refractivity (Wildman–Crippen MR) is 346 cm³/mol. The molecule has 0 amide bonds. The average Bonchev–Trinajstić information content (AvgIpc) is 1.61. The molecule has 0 radical (unpaired) electrons. The van der Waals surface area contributed by atoms with Crippen LogP contribution in [-0.4, -0.2) is 18.7 Å². The van der Waals surface area contributed by atoms with Crippen LogP contribution in [0.25, 0.3) is 85.7 Å². The Bertz CT molecular complexity index is 5710. The first-order valence-electron chi connectivity index (χ1n) is 29.7. The Labute approximate surface area is 526 Å². The van der Waals surface area contributed by atoms with Crippen molar-refractivity contribution in [2.75, 3.05) is 0 Å². The summed E-state index contributed by atoms with van der Waals surface area (Å²) in [5.41, 5.74) is 32.0. The van der Waals surface area contributed by atoms with E-state index in [9.17, 15) is 21.0 Å². The zero-order valence-corrected chi connectivity index (χ0v) is 52.3. The minimum absolute atomic E-state index is 0.504. The van der Waals surface area contributed by atoms with Gasteiger partial charge in [-0.15, -0.1) is 37.5 Å². The second kappa shape index (κ2) is 21.5. The highest BCUT2D eigenvalue weighted by Crippen LogP contribution is 2.39. The Morgan fingerprint density at radius 1 is 0.341 bits per heavy atom. The summed E-state index contributed by atoms with van der Waals surface area (Å²) in [6, 6.07) is 34.0. The molecule has 0 bridgehead atoms. The molecule has 16 heteroatoms. The quantitative estimate of drug-likeness (QED) is 0.110. The van der Waals surface area contributed by atoms with E-state index in [1.807, 2.05) is 49.1 Å². The van der Waals surface area contributed by atoms with Crippen LogP contribution >= 0.6 is 0 Å². The largest absolute Gasteiger partial charge is 0.238 e. The van der Waals surface area contributed by atoms with Gasteiger partial charge >= 0.3 is 0 Å². The molecule has 12 aromatic rings. The Kier molecular flexibility index (Phi) is 13.6. The smallest absolute Gasteiger partial charge is 0.205 e. The number of aromatic nitrogens is 8. The van der Waals surface area contributed by atoms with Crippen LogP contribution in [0.3, 0.4) is 0 Å². The Hall–Kier alpha value is -12.4. The van der Waals surface area contributed by atoms with Crippen molar-refractivity contribution in [1.29, 1.82) is 21.0 Å². The first kappa shape index (κ1) is 57.6. The molecule has 0 unspecified atom stereocenters. The van der Waals surface area contributed by atoms with E-state index in [2.05, 4.69) is 188 Å². The van der Waals surface area contributed by atoms with Gasteiger partial charge in [0.2, 0.25) is 24.8 Å². The minimum atomic E-state index is 0.504. The summed E-state index contributed by atoms with van der Waals surface area (Å²) in [6.45, 7) is 55.8. The lowest BCUT2D eigenvalue weighted by Gasteiger charge is -2.09. The second-order valence-corrected chi connectivity index (χ2v) is 24.1. The lowest BCUT2D eigenvalue weighted by Crippen LogP contribution is -2.36. The molecule has 4 aliphatic heterocycles. The summed E-state index contributed by atoms with van der Waals surface area (Å²) in [5.74, 6) is 0. The summed E-state index contributed by atoms with van der Waals surface area (Å²) >= 11 is 0. The highest BCUT2D eigenvalue weighted by atomic mass is 15.4. The standard InChI is InChI=1S/3C19H15N4.C18H13N4/c1-11-5-18-16(13(3)12(11)2)9-22-10-17-14(8-20)6-15(21-4)7-19(17)23(18)22;1-11-5-15-9-22-10-17-14(8-20)6-16(21-4)7-18(17)23(22)19(15)13(3)12(11)2;1-11-5-12(2)16-9-22-10-17-14(8-20)6-15(21-4)7-18(17)23(22)19(16)13(11)3;1-11-4-5-13-9-21-10-16-14(8-19)6-15(20-3)7-17(16)22(21)18(13)12(11)2/h3*5-7,10H,9H2,1-3H3;4-7,10H,9H2,1-2H3/q4*+1. The molecule has 0 fully saturated rings. The lowest BCUT2D eigenvalue weighted by molar-refractivity contribution is -0.749. The fraction of sp³-hybridized carbons (Fsp3) is 0.200. The number of nitrogens with zero attached hydrogens (tertiary/aromatic N) is 16. The van der Waals surface area contributed by atoms with Gasteiger partial charge in [-0.05, 0) is 204 Å². The van der Waals surface area contributed by atoms with E-state index in [-0.39, 0.29) is 0 Å². The summed E-state index contributed by atoms with van der Waals surface area (Å²) in [5, 5.41) is 41.2. The van der Waals surface area contributed by atoms with Crippen LogP contribution in [0.5, 0.6) is 0 Å². The van der Waals surface area contributed by atoms with Crippen molar-refractivity contribution in [3.8, 4) is 47.0 Å². The van der Waals surface area contributed by atoms with Crippen LogP contribution in [0.2, 0.25) is 0 Å². The zero-order valence-electron chi connectivity index (χ0n) is 52.3. The first-order valence-corrected chi connectivity index (χ1v) is 29.7. The fourth-order valence-corrected chi connectivity index (χ4v) is 13.9. The Balaban J connectivity index is 0.000000111. The van der Waals surface area contributed by atoms with Gasteiger partial charge in [0.15, 0.2) is 48.9 Å². The number of aryl methyl sites for hydroxylation is 5. The molecule has 16 rings (SSSR count). The maximum atomic E-state index is 9.41. The molecule has 434 valence electrons. The molecule has 8 aromatic carbocycles. The van der Waals surface area contributed by atoms with E-state index in [1.165, 1.54) is 101 Å². The van der Waals surface area contributed by atoms with E-state index in [4.69, 9.17) is 26.3 Å². The van der Waals surface area contributed by atoms with E-state index >= 15 is 0 Å². The van der Waals surface area contributed by atoms with Gasteiger partial charge in [0.05, 0.1) is 105 Å². The predicted octanol–water partition coefficient (Wildman–Crippen LogP) is 14.2. The third kappa shape index (κ3) is 8.78. The molecule has 0 saturated carbocycles. The molecular weight excluding hydrogens is 1120 g/mol. The molecule has 91 heavy (non-hydrogen) atoms. The Morgan fingerprint density at radius 2 is 0.703 bits per heavy atom. The van der Waals surface area contributed by atoms with E-state index < -0.39 is 0 Å². The molecule has 0 spiro atoms. The third-order valence-corrected chi connectivity index (χ3v) is 19.2. The SMILES string of the molecule is [C-]#[N+]c1cc(C#N)c2c[n+]3n(c2c1)-c1c(C)c(C)cc(C)c1C3.[C-]#[N+]c1cc(C#N)c2c[n+]3n(c2c1)-c1c(cc(C)c(C)c1C)C3.[C-]#[N+]c1cc(C#N)c2c[n+]3n(c2c1)-c1c(ccc(C)c1C)C3.[C-]#[N+]c1cc(C#N)c2c[n+]3n(c2c1)-c1cc(C)c(C)c(C)c1C3. The zero-order chi connectivity index (χ0) is 64.3. The van der Waals surface area contributed by atoms with E-state index in [0.717, 1.165) is 75.5 Å².